The summed E-state index contributed by atoms with van der Waals surface area (Å²) in [6.07, 6.45) is 0.945. The molecule has 0 amide bonds. The molecule has 5 N–H and O–H groups in total. The Morgan fingerprint density at radius 3 is 2.16 bits per heavy atom. The van der Waals surface area contributed by atoms with E-state index in [1.165, 1.54) is 5.56 Å². The number of carbonyl (C=O) groups is 1. The average molecular weight is 362 g/mol. The number of carboxylic acid groups (broad SMARTS) is 1. The van der Waals surface area contributed by atoms with Crippen LogP contribution in [0.2, 0.25) is 0 Å². The van der Waals surface area contributed by atoms with E-state index in [2.05, 4.69) is 35.8 Å². The van der Waals surface area contributed by atoms with Gasteiger partial charge in [0.25, 0.3) is 0 Å². The van der Waals surface area contributed by atoms with E-state index in [-0.39, 0.29) is 6.42 Å². The van der Waals surface area contributed by atoms with Crippen molar-refractivity contribution >= 4 is 28.7 Å². The molecule has 1 heterocycles. The molecule has 0 saturated carbocycles. The molecular formula is C19H27N3O2S. The van der Waals surface area contributed by atoms with E-state index >= 15 is 0 Å². The number of hydrazine groups is 1. The van der Waals surface area contributed by atoms with Gasteiger partial charge in [0.1, 0.15) is 0 Å². The molecule has 2 aromatic rings. The lowest BCUT2D eigenvalue weighted by molar-refractivity contribution is -0.136. The molecular weight excluding hydrogens is 334 g/mol. The average Bonchev–Trinajstić information content (AvgIpc) is 3.06. The highest BCUT2D eigenvalue weighted by Crippen LogP contribution is 2.08. The maximum atomic E-state index is 10.3. The maximum Gasteiger partial charge on any atom is 0.307 e. The summed E-state index contributed by atoms with van der Waals surface area (Å²) < 4.78 is 0. The number of carboxylic acids is 1. The van der Waals surface area contributed by atoms with Crippen LogP contribution in [-0.4, -0.2) is 16.8 Å². The summed E-state index contributed by atoms with van der Waals surface area (Å²) in [5.74, 6) is 4.30. The zero-order chi connectivity index (χ0) is 19.2. The van der Waals surface area contributed by atoms with Crippen LogP contribution in [0.15, 0.2) is 53.2 Å². The van der Waals surface area contributed by atoms with Crippen LogP contribution in [0, 0.1) is 12.3 Å². The van der Waals surface area contributed by atoms with Crippen molar-refractivity contribution in [1.82, 2.24) is 0 Å². The first kappa shape index (κ1) is 22.6. The third-order valence-corrected chi connectivity index (χ3v) is 3.90. The number of aryl methyl sites for hydroxylation is 1. The largest absolute Gasteiger partial charge is 0.481 e. The Labute approximate surface area is 153 Å². The SMILES string of the molecule is C=C(CC)C(C)=N.Cc1ccsc1.NNc1ccc(CC(=O)O)cc1. The third kappa shape index (κ3) is 11.7. The fraction of sp³-hybridized carbons (Fsp3) is 0.263. The second-order valence-corrected chi connectivity index (χ2v) is 6.07. The Balaban J connectivity index is 0.000000377. The molecule has 0 bridgehead atoms. The standard InChI is InChI=1S/C8H10N2O2.C6H11N.C5H6S/c9-10-7-3-1-6(2-4-7)5-8(11)12;1-4-5(2)6(3)7;1-5-2-3-6-4-5/h1-4,10H,5,9H2,(H,11,12);7H,2,4H2,1,3H3;2-4H,1H3. The minimum Gasteiger partial charge on any atom is -0.481 e. The molecule has 0 aliphatic heterocycles. The van der Waals surface area contributed by atoms with Gasteiger partial charge in [0.2, 0.25) is 0 Å². The highest BCUT2D eigenvalue weighted by Gasteiger charge is 1.98. The summed E-state index contributed by atoms with van der Waals surface area (Å²) >= 11 is 1.74. The first-order valence-electron chi connectivity index (χ1n) is 7.79. The molecule has 6 heteroatoms. The van der Waals surface area contributed by atoms with Crippen LogP contribution in [0.25, 0.3) is 0 Å². The molecule has 0 saturated heterocycles. The van der Waals surface area contributed by atoms with Crippen LogP contribution in [0.3, 0.4) is 0 Å². The zero-order valence-electron chi connectivity index (χ0n) is 15.0. The molecule has 0 unspecified atom stereocenters. The monoisotopic (exact) mass is 361 g/mol. The first-order valence-corrected chi connectivity index (χ1v) is 8.73. The number of anilines is 1. The van der Waals surface area contributed by atoms with Gasteiger partial charge in [-0.25, -0.2) is 0 Å². The molecule has 25 heavy (non-hydrogen) atoms. The van der Waals surface area contributed by atoms with Gasteiger partial charge < -0.3 is 15.9 Å². The molecule has 0 aliphatic carbocycles. The second-order valence-electron chi connectivity index (χ2n) is 5.29. The van der Waals surface area contributed by atoms with Crippen LogP contribution < -0.4 is 11.3 Å². The van der Waals surface area contributed by atoms with Crippen molar-refractivity contribution in [2.45, 2.75) is 33.6 Å². The Kier molecular flexibility index (Phi) is 11.7. The number of rotatable bonds is 5. The van der Waals surface area contributed by atoms with Gasteiger partial charge in [0, 0.05) is 11.4 Å². The molecule has 136 valence electrons. The normalized spacial score (nSPS) is 8.96. The summed E-state index contributed by atoms with van der Waals surface area (Å²) in [5, 5.41) is 19.7. The minimum absolute atomic E-state index is 0.0465. The number of hydrogen-bond donors (Lipinski definition) is 4. The summed E-state index contributed by atoms with van der Waals surface area (Å²) in [4.78, 5) is 10.3. The van der Waals surface area contributed by atoms with E-state index in [1.807, 2.05) is 6.92 Å². The zero-order valence-corrected chi connectivity index (χ0v) is 15.8. The highest BCUT2D eigenvalue weighted by atomic mass is 32.1. The molecule has 1 aromatic carbocycles. The number of nitrogens with one attached hydrogen (secondary N) is 2. The van der Waals surface area contributed by atoms with Gasteiger partial charge in [-0.15, -0.1) is 0 Å². The number of thiophene rings is 1. The Morgan fingerprint density at radius 1 is 1.32 bits per heavy atom. The van der Waals surface area contributed by atoms with Crippen molar-refractivity contribution in [3.8, 4) is 0 Å². The summed E-state index contributed by atoms with van der Waals surface area (Å²) in [5.41, 5.74) is 6.88. The number of benzene rings is 1. The van der Waals surface area contributed by atoms with E-state index in [0.717, 1.165) is 23.2 Å². The fourth-order valence-electron chi connectivity index (χ4n) is 1.49. The van der Waals surface area contributed by atoms with Gasteiger partial charge in [0.15, 0.2) is 0 Å². The van der Waals surface area contributed by atoms with Crippen molar-refractivity contribution in [2.24, 2.45) is 5.84 Å². The van der Waals surface area contributed by atoms with Crippen LogP contribution in [0.1, 0.15) is 31.4 Å². The van der Waals surface area contributed by atoms with Gasteiger partial charge in [-0.05, 0) is 65.9 Å². The van der Waals surface area contributed by atoms with Crippen molar-refractivity contribution in [1.29, 1.82) is 5.41 Å². The second kappa shape index (κ2) is 12.9. The van der Waals surface area contributed by atoms with Crippen molar-refractivity contribution in [3.05, 3.63) is 64.4 Å². The fourth-order valence-corrected chi connectivity index (χ4v) is 2.16. The van der Waals surface area contributed by atoms with E-state index in [9.17, 15) is 4.79 Å². The van der Waals surface area contributed by atoms with Crippen molar-refractivity contribution in [2.75, 3.05) is 5.43 Å². The predicted molar refractivity (Wildman–Crippen MR) is 107 cm³/mol. The quantitative estimate of drug-likeness (QED) is 0.354. The Morgan fingerprint density at radius 2 is 1.92 bits per heavy atom. The van der Waals surface area contributed by atoms with Gasteiger partial charge in [-0.2, -0.15) is 11.3 Å². The summed E-state index contributed by atoms with van der Waals surface area (Å²) in [6, 6.07) is 9.02. The van der Waals surface area contributed by atoms with Crippen LogP contribution in [0.4, 0.5) is 5.69 Å². The van der Waals surface area contributed by atoms with Crippen LogP contribution in [-0.2, 0) is 11.2 Å². The summed E-state index contributed by atoms with van der Waals surface area (Å²) in [7, 11) is 0. The molecule has 2 rings (SSSR count). The van der Waals surface area contributed by atoms with E-state index in [1.54, 1.807) is 42.5 Å². The van der Waals surface area contributed by atoms with Gasteiger partial charge in [-0.1, -0.05) is 25.6 Å². The lowest BCUT2D eigenvalue weighted by atomic mass is 10.1. The molecule has 1 aromatic heterocycles. The number of aliphatic carboxylic acids is 1. The van der Waals surface area contributed by atoms with E-state index < -0.39 is 5.97 Å². The van der Waals surface area contributed by atoms with Crippen molar-refractivity contribution in [3.63, 3.8) is 0 Å². The van der Waals surface area contributed by atoms with Gasteiger partial charge in [0.05, 0.1) is 6.42 Å². The van der Waals surface area contributed by atoms with Crippen molar-refractivity contribution < 1.29 is 9.90 Å². The maximum absolute atomic E-state index is 10.3. The molecule has 5 nitrogen and oxygen atoms in total. The molecule has 0 radical (unpaired) electrons. The minimum atomic E-state index is -0.830. The lowest BCUT2D eigenvalue weighted by Crippen LogP contribution is -2.06. The Hall–Kier alpha value is -2.44. The number of allylic oxidation sites excluding steroid dienone is 1. The first-order chi connectivity index (χ1) is 11.8. The molecule has 0 spiro atoms. The van der Waals surface area contributed by atoms with E-state index in [0.29, 0.717) is 5.71 Å². The number of nitrogens with two attached hydrogens (primary N) is 1. The molecule has 0 atom stereocenters. The van der Waals surface area contributed by atoms with Crippen LogP contribution >= 0.6 is 11.3 Å². The third-order valence-electron chi connectivity index (χ3n) is 3.10. The van der Waals surface area contributed by atoms with Gasteiger partial charge >= 0.3 is 5.97 Å². The number of hydrogen-bond acceptors (Lipinski definition) is 5. The van der Waals surface area contributed by atoms with Gasteiger partial charge in [-0.3, -0.25) is 10.6 Å². The Bertz CT molecular complexity index is 650. The highest BCUT2D eigenvalue weighted by molar-refractivity contribution is 7.07. The molecule has 0 fully saturated rings. The topological polar surface area (TPSA) is 99.2 Å². The number of nitrogen functional groups attached to an aromatic ring is 1. The predicted octanol–water partition coefficient (Wildman–Crippen LogP) is 4.65. The molecule has 0 aliphatic rings. The summed E-state index contributed by atoms with van der Waals surface area (Å²) in [6.45, 7) is 9.50. The van der Waals surface area contributed by atoms with Crippen LogP contribution in [0.5, 0.6) is 0 Å². The van der Waals surface area contributed by atoms with E-state index in [4.69, 9.17) is 16.4 Å². The smallest absolute Gasteiger partial charge is 0.307 e. The lowest BCUT2D eigenvalue weighted by Gasteiger charge is -2.00.